The molecular formula is C14H21N3O2S2. The Balaban J connectivity index is 2.03. The van der Waals surface area contributed by atoms with Crippen molar-refractivity contribution >= 4 is 34.6 Å². The number of thiophene rings is 1. The van der Waals surface area contributed by atoms with Crippen LogP contribution in [0.15, 0.2) is 17.5 Å². The number of amides is 1. The minimum absolute atomic E-state index is 0.0798. The zero-order chi connectivity index (χ0) is 15.2. The van der Waals surface area contributed by atoms with Crippen molar-refractivity contribution in [3.05, 3.63) is 22.4 Å². The van der Waals surface area contributed by atoms with Gasteiger partial charge in [-0.3, -0.25) is 4.79 Å². The Morgan fingerprint density at radius 3 is 3.00 bits per heavy atom. The van der Waals surface area contributed by atoms with Crippen LogP contribution in [0.25, 0.3) is 0 Å². The molecule has 1 aliphatic rings. The highest BCUT2D eigenvalue weighted by molar-refractivity contribution is 7.80. The molecule has 2 N–H and O–H groups in total. The van der Waals surface area contributed by atoms with Crippen LogP contribution in [0.1, 0.15) is 18.2 Å². The Morgan fingerprint density at radius 1 is 1.57 bits per heavy atom. The van der Waals surface area contributed by atoms with E-state index in [9.17, 15) is 4.79 Å². The number of thiocarbonyl (C=S) groups is 1. The van der Waals surface area contributed by atoms with E-state index >= 15 is 0 Å². The number of nitrogens with one attached hydrogen (secondary N) is 2. The van der Waals surface area contributed by atoms with Crippen molar-refractivity contribution in [2.75, 3.05) is 20.3 Å². The van der Waals surface area contributed by atoms with Crippen LogP contribution < -0.4 is 10.6 Å². The van der Waals surface area contributed by atoms with E-state index in [4.69, 9.17) is 17.0 Å². The summed E-state index contributed by atoms with van der Waals surface area (Å²) >= 11 is 6.81. The van der Waals surface area contributed by atoms with E-state index in [2.05, 4.69) is 10.6 Å². The lowest BCUT2D eigenvalue weighted by Crippen LogP contribution is -2.59. The maximum atomic E-state index is 12.7. The second-order valence-electron chi connectivity index (χ2n) is 5.14. The topological polar surface area (TPSA) is 53.6 Å². The Bertz CT molecular complexity index is 479. The van der Waals surface area contributed by atoms with Gasteiger partial charge in [-0.25, -0.2) is 0 Å². The molecule has 1 amide bonds. The summed E-state index contributed by atoms with van der Waals surface area (Å²) in [5.74, 6) is 0.0798. The SMILES string of the molecule is COCCN(Cc1cccs1)C(=O)[C@@H]1C[C@@H](C)NC(=S)N1. The molecule has 7 heteroatoms. The van der Waals surface area contributed by atoms with E-state index in [1.807, 2.05) is 29.3 Å². The molecule has 1 saturated heterocycles. The molecule has 0 spiro atoms. The van der Waals surface area contributed by atoms with Crippen LogP contribution in [0.2, 0.25) is 0 Å². The maximum Gasteiger partial charge on any atom is 0.245 e. The largest absolute Gasteiger partial charge is 0.383 e. The van der Waals surface area contributed by atoms with Crippen molar-refractivity contribution < 1.29 is 9.53 Å². The summed E-state index contributed by atoms with van der Waals surface area (Å²) in [6.45, 7) is 3.76. The summed E-state index contributed by atoms with van der Waals surface area (Å²) in [7, 11) is 1.65. The van der Waals surface area contributed by atoms with E-state index in [1.165, 1.54) is 4.88 Å². The molecule has 0 aliphatic carbocycles. The molecule has 1 aliphatic heterocycles. The van der Waals surface area contributed by atoms with E-state index in [-0.39, 0.29) is 18.0 Å². The van der Waals surface area contributed by atoms with Gasteiger partial charge >= 0.3 is 0 Å². The summed E-state index contributed by atoms with van der Waals surface area (Å²) in [5, 5.41) is 8.77. The summed E-state index contributed by atoms with van der Waals surface area (Å²) in [6, 6.07) is 3.99. The van der Waals surface area contributed by atoms with Crippen LogP contribution >= 0.6 is 23.6 Å². The molecule has 2 atom stereocenters. The van der Waals surface area contributed by atoms with Crippen LogP contribution in [0.3, 0.4) is 0 Å². The van der Waals surface area contributed by atoms with Gasteiger partial charge in [0.05, 0.1) is 13.2 Å². The molecule has 0 bridgehead atoms. The molecule has 0 aromatic carbocycles. The van der Waals surface area contributed by atoms with E-state index in [0.717, 1.165) is 6.42 Å². The van der Waals surface area contributed by atoms with Crippen molar-refractivity contribution in [2.45, 2.75) is 32.0 Å². The minimum Gasteiger partial charge on any atom is -0.383 e. The molecule has 5 nitrogen and oxygen atoms in total. The fraction of sp³-hybridized carbons (Fsp3) is 0.571. The van der Waals surface area contributed by atoms with Gasteiger partial charge in [-0.2, -0.15) is 0 Å². The summed E-state index contributed by atoms with van der Waals surface area (Å²) in [4.78, 5) is 15.8. The average Bonchev–Trinajstić information content (AvgIpc) is 2.94. The number of carbonyl (C=O) groups excluding carboxylic acids is 1. The first-order valence-electron chi connectivity index (χ1n) is 6.97. The van der Waals surface area contributed by atoms with Crippen molar-refractivity contribution in [3.63, 3.8) is 0 Å². The van der Waals surface area contributed by atoms with E-state index in [0.29, 0.717) is 24.8 Å². The zero-order valence-corrected chi connectivity index (χ0v) is 13.9. The normalized spacial score (nSPS) is 21.5. The molecule has 116 valence electrons. The van der Waals surface area contributed by atoms with Crippen molar-refractivity contribution in [2.24, 2.45) is 0 Å². The van der Waals surface area contributed by atoms with Gasteiger partial charge in [0.1, 0.15) is 6.04 Å². The Kier molecular flexibility index (Phi) is 5.96. The smallest absolute Gasteiger partial charge is 0.245 e. The fourth-order valence-corrected chi connectivity index (χ4v) is 3.40. The number of methoxy groups -OCH3 is 1. The Labute approximate surface area is 134 Å². The van der Waals surface area contributed by atoms with Gasteiger partial charge in [0.15, 0.2) is 5.11 Å². The van der Waals surface area contributed by atoms with Crippen LogP contribution in [-0.2, 0) is 16.1 Å². The highest BCUT2D eigenvalue weighted by Crippen LogP contribution is 2.15. The first kappa shape index (κ1) is 16.2. The van der Waals surface area contributed by atoms with Crippen molar-refractivity contribution in [1.29, 1.82) is 0 Å². The predicted molar refractivity (Wildman–Crippen MR) is 88.3 cm³/mol. The second kappa shape index (κ2) is 7.72. The zero-order valence-electron chi connectivity index (χ0n) is 12.3. The molecular weight excluding hydrogens is 306 g/mol. The minimum atomic E-state index is -0.259. The Morgan fingerprint density at radius 2 is 2.38 bits per heavy atom. The monoisotopic (exact) mass is 327 g/mol. The lowest BCUT2D eigenvalue weighted by Gasteiger charge is -2.34. The predicted octanol–water partition coefficient (Wildman–Crippen LogP) is 1.35. The van der Waals surface area contributed by atoms with Gasteiger partial charge in [-0.1, -0.05) is 6.07 Å². The molecule has 1 aromatic heterocycles. The van der Waals surface area contributed by atoms with Crippen LogP contribution in [0.5, 0.6) is 0 Å². The molecule has 1 fully saturated rings. The van der Waals surface area contributed by atoms with Gasteiger partial charge in [0.25, 0.3) is 0 Å². The number of rotatable bonds is 6. The molecule has 1 aromatic rings. The van der Waals surface area contributed by atoms with Gasteiger partial charge in [0, 0.05) is 24.6 Å². The van der Waals surface area contributed by atoms with Crippen LogP contribution in [-0.4, -0.2) is 48.3 Å². The highest BCUT2D eigenvalue weighted by atomic mass is 32.1. The van der Waals surface area contributed by atoms with E-state index < -0.39 is 0 Å². The Hall–Kier alpha value is -1.18. The standard InChI is InChI=1S/C14H21N3O2S2/c1-10-8-12(16-14(20)15-10)13(18)17(5-6-19-2)9-11-4-3-7-21-11/h3-4,7,10,12H,5-6,8-9H2,1-2H3,(H2,15,16,20)/t10-,12+/m1/s1. The van der Waals surface area contributed by atoms with Crippen molar-refractivity contribution in [3.8, 4) is 0 Å². The molecule has 2 rings (SSSR count). The molecule has 2 heterocycles. The average molecular weight is 327 g/mol. The van der Waals surface area contributed by atoms with Crippen LogP contribution in [0.4, 0.5) is 0 Å². The fourth-order valence-electron chi connectivity index (χ4n) is 2.34. The number of hydrogen-bond acceptors (Lipinski definition) is 4. The first-order valence-corrected chi connectivity index (χ1v) is 8.26. The third-order valence-electron chi connectivity index (χ3n) is 3.37. The molecule has 0 saturated carbocycles. The number of ether oxygens (including phenoxy) is 1. The number of nitrogens with zero attached hydrogens (tertiary/aromatic N) is 1. The highest BCUT2D eigenvalue weighted by Gasteiger charge is 2.30. The summed E-state index contributed by atoms with van der Waals surface area (Å²) in [6.07, 6.45) is 0.729. The third-order valence-corrected chi connectivity index (χ3v) is 4.47. The van der Waals surface area contributed by atoms with Gasteiger partial charge in [-0.15, -0.1) is 11.3 Å². The van der Waals surface area contributed by atoms with Crippen molar-refractivity contribution in [1.82, 2.24) is 15.5 Å². The maximum absolute atomic E-state index is 12.7. The lowest BCUT2D eigenvalue weighted by atomic mass is 10.1. The number of carbonyl (C=O) groups is 1. The summed E-state index contributed by atoms with van der Waals surface area (Å²) in [5.41, 5.74) is 0. The van der Waals surface area contributed by atoms with Gasteiger partial charge in [0.2, 0.25) is 5.91 Å². The summed E-state index contributed by atoms with van der Waals surface area (Å²) < 4.78 is 5.12. The number of hydrogen-bond donors (Lipinski definition) is 2. The first-order chi connectivity index (χ1) is 10.1. The third kappa shape index (κ3) is 4.66. The molecule has 0 unspecified atom stereocenters. The quantitative estimate of drug-likeness (QED) is 0.773. The second-order valence-corrected chi connectivity index (χ2v) is 6.58. The van der Waals surface area contributed by atoms with Crippen LogP contribution in [0, 0.1) is 0 Å². The van der Waals surface area contributed by atoms with Gasteiger partial charge in [-0.05, 0) is 37.0 Å². The van der Waals surface area contributed by atoms with Gasteiger partial charge < -0.3 is 20.3 Å². The van der Waals surface area contributed by atoms with E-state index in [1.54, 1.807) is 18.4 Å². The molecule has 0 radical (unpaired) electrons. The molecule has 21 heavy (non-hydrogen) atoms. The lowest BCUT2D eigenvalue weighted by molar-refractivity contribution is -0.134.